The van der Waals surface area contributed by atoms with Gasteiger partial charge in [-0.2, -0.15) is 0 Å². The van der Waals surface area contributed by atoms with Crippen molar-refractivity contribution in [1.29, 1.82) is 0 Å². The molecule has 0 radical (unpaired) electrons. The smallest absolute Gasteiger partial charge is 0.122 e. The molecular formula is C12H16O. The average molecular weight is 176 g/mol. The van der Waals surface area contributed by atoms with Gasteiger partial charge in [0, 0.05) is 0 Å². The first-order valence-electron chi connectivity index (χ1n) is 4.96. The SMILES string of the molecule is COc1cccc2c1CC(C)CC2. The molecule has 70 valence electrons. The monoisotopic (exact) mass is 176 g/mol. The Bertz CT molecular complexity index is 290. The van der Waals surface area contributed by atoms with Gasteiger partial charge in [0.05, 0.1) is 7.11 Å². The van der Waals surface area contributed by atoms with Crippen LogP contribution in [-0.2, 0) is 12.8 Å². The van der Waals surface area contributed by atoms with Crippen molar-refractivity contribution >= 4 is 0 Å². The van der Waals surface area contributed by atoms with Crippen LogP contribution < -0.4 is 4.74 Å². The van der Waals surface area contributed by atoms with Crippen molar-refractivity contribution in [3.63, 3.8) is 0 Å². The highest BCUT2D eigenvalue weighted by molar-refractivity contribution is 5.41. The molecule has 0 saturated heterocycles. The van der Waals surface area contributed by atoms with Crippen molar-refractivity contribution in [3.8, 4) is 5.75 Å². The molecule has 0 N–H and O–H groups in total. The maximum Gasteiger partial charge on any atom is 0.122 e. The molecule has 0 bridgehead atoms. The number of aryl methyl sites for hydroxylation is 1. The van der Waals surface area contributed by atoms with Crippen molar-refractivity contribution in [3.05, 3.63) is 29.3 Å². The van der Waals surface area contributed by atoms with Gasteiger partial charge in [-0.25, -0.2) is 0 Å². The Morgan fingerprint density at radius 1 is 1.38 bits per heavy atom. The van der Waals surface area contributed by atoms with Gasteiger partial charge in [0.1, 0.15) is 5.75 Å². The number of hydrogen-bond donors (Lipinski definition) is 0. The molecule has 0 fully saturated rings. The third-order valence-corrected chi connectivity index (χ3v) is 2.91. The third kappa shape index (κ3) is 1.55. The highest BCUT2D eigenvalue weighted by Crippen LogP contribution is 2.31. The van der Waals surface area contributed by atoms with Crippen molar-refractivity contribution < 1.29 is 4.74 Å². The molecule has 2 rings (SSSR count). The van der Waals surface area contributed by atoms with Gasteiger partial charge < -0.3 is 4.74 Å². The maximum atomic E-state index is 5.36. The number of rotatable bonds is 1. The van der Waals surface area contributed by atoms with Crippen LogP contribution in [0.5, 0.6) is 5.75 Å². The largest absolute Gasteiger partial charge is 0.496 e. The van der Waals surface area contributed by atoms with Gasteiger partial charge in [0.25, 0.3) is 0 Å². The summed E-state index contributed by atoms with van der Waals surface area (Å²) in [7, 11) is 1.76. The molecule has 0 spiro atoms. The molecule has 0 heterocycles. The molecule has 13 heavy (non-hydrogen) atoms. The van der Waals surface area contributed by atoms with Gasteiger partial charge in [-0.05, 0) is 42.4 Å². The zero-order valence-electron chi connectivity index (χ0n) is 8.34. The van der Waals surface area contributed by atoms with E-state index in [4.69, 9.17) is 4.74 Å². The minimum absolute atomic E-state index is 0.809. The highest BCUT2D eigenvalue weighted by Gasteiger charge is 2.17. The first-order valence-corrected chi connectivity index (χ1v) is 4.96. The van der Waals surface area contributed by atoms with Crippen LogP contribution in [0.2, 0.25) is 0 Å². The Kier molecular flexibility index (Phi) is 2.26. The Morgan fingerprint density at radius 2 is 2.23 bits per heavy atom. The van der Waals surface area contributed by atoms with E-state index >= 15 is 0 Å². The van der Waals surface area contributed by atoms with E-state index in [1.54, 1.807) is 7.11 Å². The molecule has 1 aromatic rings. The molecule has 1 nitrogen and oxygen atoms in total. The summed E-state index contributed by atoms with van der Waals surface area (Å²) in [6, 6.07) is 6.38. The number of fused-ring (bicyclic) bond motifs is 1. The van der Waals surface area contributed by atoms with Crippen molar-refractivity contribution in [2.45, 2.75) is 26.2 Å². The second-order valence-corrected chi connectivity index (χ2v) is 3.95. The standard InChI is InChI=1S/C12H16O/c1-9-6-7-10-4-3-5-12(13-2)11(10)8-9/h3-5,9H,6-8H2,1-2H3. The summed E-state index contributed by atoms with van der Waals surface area (Å²) in [5.74, 6) is 1.88. The second kappa shape index (κ2) is 3.41. The third-order valence-electron chi connectivity index (χ3n) is 2.91. The van der Waals surface area contributed by atoms with E-state index in [1.807, 2.05) is 0 Å². The molecule has 1 unspecified atom stereocenters. The molecule has 1 aliphatic rings. The Balaban J connectivity index is 2.41. The first-order chi connectivity index (χ1) is 6.31. The summed E-state index contributed by atoms with van der Waals surface area (Å²) in [4.78, 5) is 0. The van der Waals surface area contributed by atoms with E-state index in [0.29, 0.717) is 0 Å². The van der Waals surface area contributed by atoms with Crippen LogP contribution >= 0.6 is 0 Å². The Labute approximate surface area is 79.7 Å². The lowest BCUT2D eigenvalue weighted by Gasteiger charge is -2.23. The molecule has 0 aliphatic heterocycles. The molecule has 0 saturated carbocycles. The van der Waals surface area contributed by atoms with Crippen LogP contribution in [0.15, 0.2) is 18.2 Å². The predicted octanol–water partition coefficient (Wildman–Crippen LogP) is 2.82. The van der Waals surface area contributed by atoms with Gasteiger partial charge >= 0.3 is 0 Å². The average Bonchev–Trinajstić information content (AvgIpc) is 2.17. The molecule has 0 amide bonds. The normalized spacial score (nSPS) is 20.9. The van der Waals surface area contributed by atoms with E-state index < -0.39 is 0 Å². The summed E-state index contributed by atoms with van der Waals surface area (Å²) in [6.07, 6.45) is 3.72. The number of methoxy groups -OCH3 is 1. The van der Waals surface area contributed by atoms with Crippen LogP contribution in [0.25, 0.3) is 0 Å². The minimum atomic E-state index is 0.809. The van der Waals surface area contributed by atoms with Crippen molar-refractivity contribution in [2.75, 3.05) is 7.11 Å². The summed E-state index contributed by atoms with van der Waals surface area (Å²) in [6.45, 7) is 2.31. The fraction of sp³-hybridized carbons (Fsp3) is 0.500. The predicted molar refractivity (Wildman–Crippen MR) is 54.2 cm³/mol. The fourth-order valence-corrected chi connectivity index (χ4v) is 2.12. The van der Waals surface area contributed by atoms with Crippen molar-refractivity contribution in [1.82, 2.24) is 0 Å². The Morgan fingerprint density at radius 3 is 3.00 bits per heavy atom. The van der Waals surface area contributed by atoms with E-state index in [-0.39, 0.29) is 0 Å². The van der Waals surface area contributed by atoms with Crippen LogP contribution in [0.1, 0.15) is 24.5 Å². The van der Waals surface area contributed by atoms with Crippen molar-refractivity contribution in [2.24, 2.45) is 5.92 Å². The fourth-order valence-electron chi connectivity index (χ4n) is 2.12. The maximum absolute atomic E-state index is 5.36. The summed E-state index contributed by atoms with van der Waals surface area (Å²) in [5.41, 5.74) is 2.92. The quantitative estimate of drug-likeness (QED) is 0.639. The van der Waals surface area contributed by atoms with Gasteiger partial charge in [0.2, 0.25) is 0 Å². The van der Waals surface area contributed by atoms with E-state index in [0.717, 1.165) is 11.7 Å². The summed E-state index contributed by atoms with van der Waals surface area (Å²) in [5, 5.41) is 0. The first kappa shape index (κ1) is 8.61. The van der Waals surface area contributed by atoms with Gasteiger partial charge in [0.15, 0.2) is 0 Å². The highest BCUT2D eigenvalue weighted by atomic mass is 16.5. The van der Waals surface area contributed by atoms with Crippen LogP contribution in [-0.4, -0.2) is 7.11 Å². The molecule has 1 aromatic carbocycles. The summed E-state index contributed by atoms with van der Waals surface area (Å²) < 4.78 is 5.36. The van der Waals surface area contributed by atoms with Gasteiger partial charge in [-0.1, -0.05) is 19.1 Å². The lowest BCUT2D eigenvalue weighted by Crippen LogP contribution is -2.12. The van der Waals surface area contributed by atoms with Crippen LogP contribution in [0.4, 0.5) is 0 Å². The number of hydrogen-bond acceptors (Lipinski definition) is 1. The molecule has 1 atom stereocenters. The lowest BCUT2D eigenvalue weighted by molar-refractivity contribution is 0.397. The number of ether oxygens (including phenoxy) is 1. The second-order valence-electron chi connectivity index (χ2n) is 3.95. The minimum Gasteiger partial charge on any atom is -0.496 e. The van der Waals surface area contributed by atoms with Gasteiger partial charge in [-0.3, -0.25) is 0 Å². The van der Waals surface area contributed by atoms with E-state index in [2.05, 4.69) is 25.1 Å². The summed E-state index contributed by atoms with van der Waals surface area (Å²) >= 11 is 0. The topological polar surface area (TPSA) is 9.23 Å². The number of benzene rings is 1. The van der Waals surface area contributed by atoms with Gasteiger partial charge in [-0.15, -0.1) is 0 Å². The lowest BCUT2D eigenvalue weighted by atomic mass is 9.84. The zero-order chi connectivity index (χ0) is 9.26. The van der Waals surface area contributed by atoms with Crippen LogP contribution in [0.3, 0.4) is 0 Å². The molecule has 1 aliphatic carbocycles. The zero-order valence-corrected chi connectivity index (χ0v) is 8.34. The van der Waals surface area contributed by atoms with Crippen LogP contribution in [0, 0.1) is 5.92 Å². The molecule has 1 heteroatoms. The van der Waals surface area contributed by atoms with E-state index in [9.17, 15) is 0 Å². The molecular weight excluding hydrogens is 160 g/mol. The van der Waals surface area contributed by atoms with E-state index in [1.165, 1.54) is 30.4 Å². The molecule has 0 aromatic heterocycles. The Hall–Kier alpha value is -0.980.